The number of fused-ring (bicyclic) bond motifs is 1. The first-order chi connectivity index (χ1) is 26.4. The highest BCUT2D eigenvalue weighted by atomic mass is 28.4. The number of amides is 2. The van der Waals surface area contributed by atoms with E-state index < -0.39 is 50.3 Å². The lowest BCUT2D eigenvalue weighted by atomic mass is 9.68. The molecule has 4 aromatic rings. The molecular formula is C45H51FN2O6Si. The quantitative estimate of drug-likeness (QED) is 0.0762. The molecule has 3 N–H and O–H groups in total. The third-order valence-electron chi connectivity index (χ3n) is 11.2. The van der Waals surface area contributed by atoms with Gasteiger partial charge in [0.25, 0.3) is 8.32 Å². The molecule has 2 aliphatic rings. The number of pyridine rings is 1. The van der Waals surface area contributed by atoms with E-state index in [0.29, 0.717) is 36.2 Å². The number of rotatable bonds is 14. The van der Waals surface area contributed by atoms with Gasteiger partial charge >= 0.3 is 0 Å². The van der Waals surface area contributed by atoms with Crippen molar-refractivity contribution in [2.75, 3.05) is 19.8 Å². The van der Waals surface area contributed by atoms with Gasteiger partial charge in [-0.3, -0.25) is 19.5 Å². The van der Waals surface area contributed by atoms with Gasteiger partial charge in [0, 0.05) is 18.7 Å². The summed E-state index contributed by atoms with van der Waals surface area (Å²) >= 11 is 0. The van der Waals surface area contributed by atoms with E-state index in [1.165, 1.54) is 17.0 Å². The third kappa shape index (κ3) is 8.00. The number of halogens is 1. The van der Waals surface area contributed by atoms with Crippen LogP contribution in [0.1, 0.15) is 64.6 Å². The first-order valence-electron chi connectivity index (χ1n) is 19.1. The van der Waals surface area contributed by atoms with E-state index in [-0.39, 0.29) is 36.3 Å². The number of hydrogen-bond donors (Lipinski definition) is 3. The fourth-order valence-corrected chi connectivity index (χ4v) is 13.2. The number of allylic oxidation sites excluding steroid dienone is 1. The summed E-state index contributed by atoms with van der Waals surface area (Å²) in [7, 11) is -3.06. The highest BCUT2D eigenvalue weighted by molar-refractivity contribution is 6.99. The molecule has 10 heteroatoms. The molecule has 1 aliphatic heterocycles. The van der Waals surface area contributed by atoms with Gasteiger partial charge in [0.05, 0.1) is 36.8 Å². The lowest BCUT2D eigenvalue weighted by Gasteiger charge is -2.44. The van der Waals surface area contributed by atoms with Crippen LogP contribution in [0.4, 0.5) is 4.39 Å². The standard InChI is InChI=1S/C45H51FN2O6Si/c1-5-24-48-43(52)35-27-32(29-54-55(45(2,3)4,33-14-8-6-9-15-33)34-16-10-7-11-17-34)41(36(28-49)42(35)44(48)53)40(51)22-20-31(38-18-12-13-23-47-38)25-30-19-21-39(50)37(46)26-30/h6-19,21,23,25-26,35-36,40,42,49-51H,5,20,22,24,27-29H2,1-4H3/b31-25-/t35-,36+,40-,42-/m1/s1. The van der Waals surface area contributed by atoms with E-state index in [4.69, 9.17) is 4.43 Å². The second kappa shape index (κ2) is 17.0. The number of aromatic hydroxyl groups is 1. The van der Waals surface area contributed by atoms with Crippen LogP contribution in [0.5, 0.6) is 5.75 Å². The summed E-state index contributed by atoms with van der Waals surface area (Å²) in [6.07, 6.45) is 3.68. The average Bonchev–Trinajstić information content (AvgIpc) is 3.42. The number of aliphatic hydroxyl groups is 2. The van der Waals surface area contributed by atoms with Crippen LogP contribution in [0, 0.1) is 23.6 Å². The highest BCUT2D eigenvalue weighted by Gasteiger charge is 2.56. The molecule has 55 heavy (non-hydrogen) atoms. The maximum absolute atomic E-state index is 14.4. The fraction of sp³-hybridized carbons (Fsp3) is 0.356. The van der Waals surface area contributed by atoms with E-state index in [2.05, 4.69) is 50.0 Å². The minimum atomic E-state index is -3.06. The van der Waals surface area contributed by atoms with Crippen molar-refractivity contribution in [1.82, 2.24) is 9.88 Å². The fourth-order valence-electron chi connectivity index (χ4n) is 8.65. The third-order valence-corrected chi connectivity index (χ3v) is 16.1. The summed E-state index contributed by atoms with van der Waals surface area (Å²) in [5, 5.41) is 35.0. The van der Waals surface area contributed by atoms with Gasteiger partial charge in [-0.2, -0.15) is 0 Å². The van der Waals surface area contributed by atoms with Gasteiger partial charge < -0.3 is 19.7 Å². The van der Waals surface area contributed by atoms with Gasteiger partial charge in [0.2, 0.25) is 11.8 Å². The van der Waals surface area contributed by atoms with Crippen molar-refractivity contribution in [3.8, 4) is 5.75 Å². The number of aromatic nitrogens is 1. The predicted octanol–water partition coefficient (Wildman–Crippen LogP) is 6.50. The van der Waals surface area contributed by atoms with Crippen molar-refractivity contribution in [1.29, 1.82) is 0 Å². The van der Waals surface area contributed by atoms with Gasteiger partial charge in [-0.1, -0.05) is 100 Å². The van der Waals surface area contributed by atoms with Gasteiger partial charge in [-0.25, -0.2) is 4.39 Å². The summed E-state index contributed by atoms with van der Waals surface area (Å²) in [4.78, 5) is 33.6. The highest BCUT2D eigenvalue weighted by Crippen LogP contribution is 2.47. The summed E-state index contributed by atoms with van der Waals surface area (Å²) < 4.78 is 21.7. The number of imide groups is 1. The lowest BCUT2D eigenvalue weighted by molar-refractivity contribution is -0.140. The first-order valence-corrected chi connectivity index (χ1v) is 21.0. The largest absolute Gasteiger partial charge is 0.505 e. The Labute approximate surface area is 324 Å². The lowest BCUT2D eigenvalue weighted by Crippen LogP contribution is -2.66. The molecule has 0 saturated carbocycles. The summed E-state index contributed by atoms with van der Waals surface area (Å²) in [5.74, 6) is -4.01. The molecule has 2 heterocycles. The summed E-state index contributed by atoms with van der Waals surface area (Å²) in [6, 6.07) is 30.1. The monoisotopic (exact) mass is 762 g/mol. The maximum Gasteiger partial charge on any atom is 0.261 e. The Morgan fingerprint density at radius 3 is 2.20 bits per heavy atom. The number of nitrogens with zero attached hydrogens (tertiary/aromatic N) is 2. The molecule has 0 bridgehead atoms. The van der Waals surface area contributed by atoms with Gasteiger partial charge in [0.15, 0.2) is 11.6 Å². The number of phenolic OH excluding ortho intramolecular Hbond substituents is 1. The van der Waals surface area contributed by atoms with Crippen molar-refractivity contribution in [3.05, 3.63) is 131 Å². The Morgan fingerprint density at radius 2 is 1.64 bits per heavy atom. The number of benzene rings is 3. The molecule has 288 valence electrons. The van der Waals surface area contributed by atoms with E-state index in [1.807, 2.05) is 55.5 Å². The Balaban J connectivity index is 1.43. The Bertz CT molecular complexity index is 1990. The molecular weight excluding hydrogens is 712 g/mol. The maximum atomic E-state index is 14.4. The molecule has 8 nitrogen and oxygen atoms in total. The average molecular weight is 763 g/mol. The van der Waals surface area contributed by atoms with Crippen LogP contribution in [0.25, 0.3) is 11.6 Å². The SMILES string of the molecule is CCCN1C(=O)[C@@H]2[C@@H](CC(CO[Si](c3ccccc3)(c3ccccc3)C(C)(C)C)=C([C@H](O)CC/C(=C/c3ccc(O)c(F)c3)c3ccccn3)[C@@H]2CO)C1=O. The van der Waals surface area contributed by atoms with Crippen LogP contribution >= 0.6 is 0 Å². The molecule has 1 fully saturated rings. The van der Waals surface area contributed by atoms with E-state index in [1.54, 1.807) is 24.4 Å². The van der Waals surface area contributed by atoms with Crippen LogP contribution in [0.15, 0.2) is 114 Å². The minimum Gasteiger partial charge on any atom is -0.505 e. The second-order valence-electron chi connectivity index (χ2n) is 15.6. The van der Waals surface area contributed by atoms with Crippen LogP contribution in [0.3, 0.4) is 0 Å². The number of aliphatic hydroxyl groups excluding tert-OH is 2. The number of carbonyl (C=O) groups excluding carboxylic acids is 2. The number of hydrogen-bond acceptors (Lipinski definition) is 7. The Kier molecular flexibility index (Phi) is 12.3. The molecule has 3 aromatic carbocycles. The van der Waals surface area contributed by atoms with Crippen molar-refractivity contribution in [2.24, 2.45) is 17.8 Å². The Hall–Kier alpha value is -4.74. The van der Waals surface area contributed by atoms with Crippen LogP contribution in [0.2, 0.25) is 5.04 Å². The van der Waals surface area contributed by atoms with Crippen molar-refractivity contribution in [3.63, 3.8) is 0 Å². The second-order valence-corrected chi connectivity index (χ2v) is 19.9. The van der Waals surface area contributed by atoms with Crippen LogP contribution in [-0.2, 0) is 14.0 Å². The molecule has 1 saturated heterocycles. The normalized spacial score (nSPS) is 19.9. The molecule has 6 rings (SSSR count). The van der Waals surface area contributed by atoms with Crippen molar-refractivity contribution in [2.45, 2.75) is 64.5 Å². The molecule has 0 unspecified atom stereocenters. The zero-order chi connectivity index (χ0) is 39.3. The van der Waals surface area contributed by atoms with Crippen molar-refractivity contribution < 1.29 is 33.7 Å². The van der Waals surface area contributed by atoms with Crippen LogP contribution in [-0.4, -0.2) is 71.2 Å². The predicted molar refractivity (Wildman–Crippen MR) is 215 cm³/mol. The molecule has 0 spiro atoms. The van der Waals surface area contributed by atoms with E-state index in [9.17, 15) is 29.3 Å². The number of carbonyl (C=O) groups is 2. The molecule has 1 aliphatic carbocycles. The number of likely N-dealkylation sites (tertiary alicyclic amines) is 1. The summed E-state index contributed by atoms with van der Waals surface area (Å²) in [6.45, 7) is 8.44. The smallest absolute Gasteiger partial charge is 0.261 e. The van der Waals surface area contributed by atoms with Gasteiger partial charge in [0.1, 0.15) is 0 Å². The molecule has 4 atom stereocenters. The molecule has 1 aromatic heterocycles. The zero-order valence-electron chi connectivity index (χ0n) is 32.0. The zero-order valence-corrected chi connectivity index (χ0v) is 33.0. The number of phenols is 1. The topological polar surface area (TPSA) is 120 Å². The minimum absolute atomic E-state index is 0.102. The molecule has 2 amide bonds. The first kappa shape index (κ1) is 39.9. The van der Waals surface area contributed by atoms with E-state index in [0.717, 1.165) is 21.5 Å². The Morgan fingerprint density at radius 1 is 0.982 bits per heavy atom. The van der Waals surface area contributed by atoms with Gasteiger partial charge in [-0.05, 0) is 93.7 Å². The van der Waals surface area contributed by atoms with Crippen LogP contribution < -0.4 is 10.4 Å². The van der Waals surface area contributed by atoms with Gasteiger partial charge in [-0.15, -0.1) is 0 Å². The summed E-state index contributed by atoms with van der Waals surface area (Å²) in [5.41, 5.74) is 3.15. The molecule has 0 radical (unpaired) electrons. The van der Waals surface area contributed by atoms with Crippen molar-refractivity contribution >= 4 is 42.2 Å². The van der Waals surface area contributed by atoms with E-state index >= 15 is 0 Å².